The monoisotopic (exact) mass is 289 g/mol. The summed E-state index contributed by atoms with van der Waals surface area (Å²) < 4.78 is 0. The molecule has 0 aliphatic carbocycles. The first-order valence-corrected chi connectivity index (χ1v) is 7.65. The third-order valence-electron chi connectivity index (χ3n) is 3.06. The second kappa shape index (κ2) is 7.05. The Hall–Kier alpha value is -1.88. The van der Waals surface area contributed by atoms with Crippen LogP contribution in [0.15, 0.2) is 35.7 Å². The van der Waals surface area contributed by atoms with E-state index in [1.807, 2.05) is 49.6 Å². The van der Waals surface area contributed by atoms with Crippen LogP contribution in [-0.4, -0.2) is 29.0 Å². The number of thiazole rings is 1. The molecule has 1 aromatic carbocycles. The van der Waals surface area contributed by atoms with Gasteiger partial charge < -0.3 is 10.2 Å². The van der Waals surface area contributed by atoms with Crippen LogP contribution in [0.3, 0.4) is 0 Å². The van der Waals surface area contributed by atoms with Crippen LogP contribution in [-0.2, 0) is 6.54 Å². The van der Waals surface area contributed by atoms with Crippen molar-refractivity contribution in [3.05, 3.63) is 40.7 Å². The Balaban J connectivity index is 1.95. The van der Waals surface area contributed by atoms with E-state index in [9.17, 15) is 4.79 Å². The molecular formula is C15H19N3OS. The van der Waals surface area contributed by atoms with Gasteiger partial charge in [0.25, 0.3) is 0 Å². The van der Waals surface area contributed by atoms with Gasteiger partial charge in [-0.3, -0.25) is 0 Å². The standard InChI is InChI=1S/C15H19N3OS/c1-3-18(4-2)15(19)16-10-14-17-13(11-20-14)12-8-6-5-7-9-12/h5-9,11H,3-4,10H2,1-2H3,(H,16,19). The molecule has 0 unspecified atom stereocenters. The average Bonchev–Trinajstić information content (AvgIpc) is 2.96. The molecule has 20 heavy (non-hydrogen) atoms. The first kappa shape index (κ1) is 14.5. The summed E-state index contributed by atoms with van der Waals surface area (Å²) in [5, 5.41) is 5.84. The van der Waals surface area contributed by atoms with Crippen molar-refractivity contribution in [3.8, 4) is 11.3 Å². The lowest BCUT2D eigenvalue weighted by atomic mass is 10.2. The van der Waals surface area contributed by atoms with E-state index in [0.717, 1.165) is 29.4 Å². The second-order valence-corrected chi connectivity index (χ2v) is 5.27. The highest BCUT2D eigenvalue weighted by molar-refractivity contribution is 7.09. The zero-order valence-electron chi connectivity index (χ0n) is 11.8. The molecule has 0 spiro atoms. The molecule has 0 saturated carbocycles. The van der Waals surface area contributed by atoms with Gasteiger partial charge in [-0.25, -0.2) is 9.78 Å². The Morgan fingerprint density at radius 2 is 1.95 bits per heavy atom. The number of amides is 2. The third kappa shape index (κ3) is 3.57. The summed E-state index contributed by atoms with van der Waals surface area (Å²) in [7, 11) is 0. The quantitative estimate of drug-likeness (QED) is 0.917. The van der Waals surface area contributed by atoms with Gasteiger partial charge in [-0.15, -0.1) is 11.3 Å². The first-order chi connectivity index (χ1) is 9.74. The Morgan fingerprint density at radius 3 is 2.60 bits per heavy atom. The molecular weight excluding hydrogens is 270 g/mol. The highest BCUT2D eigenvalue weighted by Crippen LogP contribution is 2.21. The fourth-order valence-electron chi connectivity index (χ4n) is 1.91. The lowest BCUT2D eigenvalue weighted by Gasteiger charge is -2.18. The largest absolute Gasteiger partial charge is 0.331 e. The molecule has 1 aromatic heterocycles. The highest BCUT2D eigenvalue weighted by Gasteiger charge is 2.10. The van der Waals surface area contributed by atoms with Crippen molar-refractivity contribution in [2.45, 2.75) is 20.4 Å². The molecule has 106 valence electrons. The van der Waals surface area contributed by atoms with Crippen molar-refractivity contribution < 1.29 is 4.79 Å². The summed E-state index contributed by atoms with van der Waals surface area (Å²) in [6.45, 7) is 5.86. The molecule has 1 N–H and O–H groups in total. The number of benzene rings is 1. The third-order valence-corrected chi connectivity index (χ3v) is 3.91. The van der Waals surface area contributed by atoms with Crippen molar-refractivity contribution in [2.75, 3.05) is 13.1 Å². The van der Waals surface area contributed by atoms with E-state index >= 15 is 0 Å². The maximum Gasteiger partial charge on any atom is 0.317 e. The fourth-order valence-corrected chi connectivity index (χ4v) is 2.65. The molecule has 0 fully saturated rings. The highest BCUT2D eigenvalue weighted by atomic mass is 32.1. The number of nitrogens with one attached hydrogen (secondary N) is 1. The van der Waals surface area contributed by atoms with E-state index in [0.29, 0.717) is 6.54 Å². The fraction of sp³-hybridized carbons (Fsp3) is 0.333. The van der Waals surface area contributed by atoms with E-state index < -0.39 is 0 Å². The van der Waals surface area contributed by atoms with Crippen LogP contribution in [0.2, 0.25) is 0 Å². The van der Waals surface area contributed by atoms with Gasteiger partial charge in [0.05, 0.1) is 12.2 Å². The first-order valence-electron chi connectivity index (χ1n) is 6.77. The summed E-state index contributed by atoms with van der Waals surface area (Å²) in [5.41, 5.74) is 2.06. The lowest BCUT2D eigenvalue weighted by molar-refractivity contribution is 0.203. The topological polar surface area (TPSA) is 45.2 Å². The summed E-state index contributed by atoms with van der Waals surface area (Å²) in [6, 6.07) is 10.0. The van der Waals surface area contributed by atoms with Crippen molar-refractivity contribution in [1.29, 1.82) is 0 Å². The summed E-state index contributed by atoms with van der Waals surface area (Å²) >= 11 is 1.57. The summed E-state index contributed by atoms with van der Waals surface area (Å²) in [6.07, 6.45) is 0. The van der Waals surface area contributed by atoms with Crippen molar-refractivity contribution in [1.82, 2.24) is 15.2 Å². The number of hydrogen-bond acceptors (Lipinski definition) is 3. The minimum Gasteiger partial charge on any atom is -0.331 e. The number of nitrogens with zero attached hydrogens (tertiary/aromatic N) is 2. The maximum absolute atomic E-state index is 11.8. The lowest BCUT2D eigenvalue weighted by Crippen LogP contribution is -2.39. The number of carbonyl (C=O) groups is 1. The molecule has 2 rings (SSSR count). The SMILES string of the molecule is CCN(CC)C(=O)NCc1nc(-c2ccccc2)cs1. The number of hydrogen-bond donors (Lipinski definition) is 1. The Kier molecular flexibility index (Phi) is 5.12. The van der Waals surface area contributed by atoms with Crippen molar-refractivity contribution >= 4 is 17.4 Å². The number of aromatic nitrogens is 1. The Labute approximate surface area is 123 Å². The van der Waals surface area contributed by atoms with Crippen LogP contribution in [0.1, 0.15) is 18.9 Å². The van der Waals surface area contributed by atoms with Gasteiger partial charge >= 0.3 is 6.03 Å². The Bertz CT molecular complexity index is 549. The molecule has 4 nitrogen and oxygen atoms in total. The van der Waals surface area contributed by atoms with Crippen LogP contribution in [0.5, 0.6) is 0 Å². The zero-order valence-corrected chi connectivity index (χ0v) is 12.6. The Morgan fingerprint density at radius 1 is 1.25 bits per heavy atom. The molecule has 0 saturated heterocycles. The molecule has 2 aromatic rings. The van der Waals surface area contributed by atoms with E-state index in [-0.39, 0.29) is 6.03 Å². The molecule has 5 heteroatoms. The summed E-state index contributed by atoms with van der Waals surface area (Å²) in [5.74, 6) is 0. The smallest absolute Gasteiger partial charge is 0.317 e. The van der Waals surface area contributed by atoms with Gasteiger partial charge in [-0.1, -0.05) is 30.3 Å². The maximum atomic E-state index is 11.8. The van der Waals surface area contributed by atoms with Gasteiger partial charge in [-0.05, 0) is 13.8 Å². The van der Waals surface area contributed by atoms with Crippen LogP contribution in [0.4, 0.5) is 4.79 Å². The minimum absolute atomic E-state index is 0.0357. The van der Waals surface area contributed by atoms with Crippen LogP contribution < -0.4 is 5.32 Å². The van der Waals surface area contributed by atoms with E-state index in [1.165, 1.54) is 0 Å². The number of rotatable bonds is 5. The van der Waals surface area contributed by atoms with Crippen molar-refractivity contribution in [2.24, 2.45) is 0 Å². The molecule has 0 atom stereocenters. The van der Waals surface area contributed by atoms with Gasteiger partial charge in [0.15, 0.2) is 0 Å². The molecule has 0 radical (unpaired) electrons. The summed E-state index contributed by atoms with van der Waals surface area (Å²) in [4.78, 5) is 18.2. The molecule has 0 aliphatic heterocycles. The minimum atomic E-state index is -0.0357. The van der Waals surface area contributed by atoms with Gasteiger partial charge in [0.2, 0.25) is 0 Å². The van der Waals surface area contributed by atoms with Crippen LogP contribution in [0.25, 0.3) is 11.3 Å². The predicted molar refractivity (Wildman–Crippen MR) is 82.7 cm³/mol. The van der Waals surface area contributed by atoms with Gasteiger partial charge in [-0.2, -0.15) is 0 Å². The van der Waals surface area contributed by atoms with E-state index in [4.69, 9.17) is 0 Å². The zero-order chi connectivity index (χ0) is 14.4. The van der Waals surface area contributed by atoms with E-state index in [2.05, 4.69) is 10.3 Å². The molecule has 2 amide bonds. The predicted octanol–water partition coefficient (Wildman–Crippen LogP) is 3.36. The molecule has 0 aliphatic rings. The number of carbonyl (C=O) groups excluding carboxylic acids is 1. The van der Waals surface area contributed by atoms with Gasteiger partial charge in [0, 0.05) is 24.0 Å². The van der Waals surface area contributed by atoms with Crippen LogP contribution >= 0.6 is 11.3 Å². The van der Waals surface area contributed by atoms with Crippen LogP contribution in [0, 0.1) is 0 Å². The van der Waals surface area contributed by atoms with Gasteiger partial charge in [0.1, 0.15) is 5.01 Å². The van der Waals surface area contributed by atoms with Crippen molar-refractivity contribution in [3.63, 3.8) is 0 Å². The average molecular weight is 289 g/mol. The number of urea groups is 1. The second-order valence-electron chi connectivity index (χ2n) is 4.32. The molecule has 0 bridgehead atoms. The molecule has 1 heterocycles. The van der Waals surface area contributed by atoms with E-state index in [1.54, 1.807) is 16.2 Å². The normalized spacial score (nSPS) is 10.3.